The maximum atomic E-state index is 14.9. The number of nitrogens with zero attached hydrogens (tertiary/aromatic N) is 3. The molecule has 2 atom stereocenters. The molecule has 1 aromatic carbocycles. The summed E-state index contributed by atoms with van der Waals surface area (Å²) in [6.45, 7) is 4.63. The van der Waals surface area contributed by atoms with Crippen LogP contribution in [0.25, 0.3) is 0 Å². The van der Waals surface area contributed by atoms with E-state index < -0.39 is 18.0 Å². The van der Waals surface area contributed by atoms with Crippen LogP contribution in [0.1, 0.15) is 26.2 Å². The molecule has 0 aliphatic carbocycles. The van der Waals surface area contributed by atoms with E-state index in [0.717, 1.165) is 32.4 Å². The van der Waals surface area contributed by atoms with Gasteiger partial charge in [0.15, 0.2) is 0 Å². The molecule has 168 valence electrons. The zero-order valence-electron chi connectivity index (χ0n) is 17.6. The number of likely N-dealkylation sites (tertiary alicyclic amines) is 1. The molecule has 10 heteroatoms. The predicted octanol–water partition coefficient (Wildman–Crippen LogP) is 1.67. The molecule has 0 saturated carbocycles. The number of cyclic esters (lactones) is 1. The predicted molar refractivity (Wildman–Crippen MR) is 113 cm³/mol. The molecule has 3 heterocycles. The zero-order valence-corrected chi connectivity index (χ0v) is 17.6. The SMILES string of the molecule is CC(=O)NC[C@H]1CN(c2ccc(N3CCC(NC(=O)N4CCCC4)C3)c(F)c2)C(=O)O1. The number of halogens is 1. The Bertz CT molecular complexity index is 860. The Kier molecular flexibility index (Phi) is 6.15. The van der Waals surface area contributed by atoms with Gasteiger partial charge in [0.1, 0.15) is 11.9 Å². The summed E-state index contributed by atoms with van der Waals surface area (Å²) >= 11 is 0. The van der Waals surface area contributed by atoms with Crippen LogP contribution in [0.4, 0.5) is 25.4 Å². The molecule has 0 aromatic heterocycles. The molecule has 1 aromatic rings. The van der Waals surface area contributed by atoms with Crippen LogP contribution in [0.5, 0.6) is 0 Å². The molecule has 4 rings (SSSR count). The number of urea groups is 1. The van der Waals surface area contributed by atoms with Crippen molar-refractivity contribution in [3.63, 3.8) is 0 Å². The topological polar surface area (TPSA) is 94.2 Å². The Balaban J connectivity index is 1.35. The van der Waals surface area contributed by atoms with Crippen molar-refractivity contribution in [3.05, 3.63) is 24.0 Å². The van der Waals surface area contributed by atoms with Gasteiger partial charge in [-0.1, -0.05) is 0 Å². The third kappa shape index (κ3) is 4.83. The standard InChI is InChI=1S/C21H28FN5O4/c1-14(28)23-11-17-13-27(21(30)31-17)16-4-5-19(18(22)10-16)26-9-6-15(12-26)24-20(29)25-7-2-3-8-25/h4-5,10,15,17H,2-3,6-9,11-13H2,1H3,(H,23,28)(H,24,29)/t15?,17-/m0/s1. The van der Waals surface area contributed by atoms with Gasteiger partial charge in [-0.15, -0.1) is 0 Å². The first kappa shape index (κ1) is 21.2. The van der Waals surface area contributed by atoms with Crippen molar-refractivity contribution in [3.8, 4) is 0 Å². The van der Waals surface area contributed by atoms with Crippen molar-refractivity contribution < 1.29 is 23.5 Å². The lowest BCUT2D eigenvalue weighted by atomic mass is 10.2. The summed E-state index contributed by atoms with van der Waals surface area (Å²) in [6, 6.07) is 4.62. The fourth-order valence-electron chi connectivity index (χ4n) is 4.30. The van der Waals surface area contributed by atoms with Crippen LogP contribution >= 0.6 is 0 Å². The summed E-state index contributed by atoms with van der Waals surface area (Å²) in [7, 11) is 0. The fourth-order valence-corrected chi connectivity index (χ4v) is 4.30. The maximum Gasteiger partial charge on any atom is 0.414 e. The quantitative estimate of drug-likeness (QED) is 0.737. The number of carbonyl (C=O) groups is 3. The minimum absolute atomic E-state index is 0.0183. The molecule has 2 N–H and O–H groups in total. The van der Waals surface area contributed by atoms with E-state index in [9.17, 15) is 18.8 Å². The minimum Gasteiger partial charge on any atom is -0.442 e. The molecule has 3 fully saturated rings. The van der Waals surface area contributed by atoms with Crippen LogP contribution < -0.4 is 20.4 Å². The highest BCUT2D eigenvalue weighted by molar-refractivity contribution is 5.90. The van der Waals surface area contributed by atoms with Gasteiger partial charge in [0.2, 0.25) is 5.91 Å². The van der Waals surface area contributed by atoms with Gasteiger partial charge >= 0.3 is 12.1 Å². The summed E-state index contributed by atoms with van der Waals surface area (Å²) in [5, 5.41) is 5.67. The van der Waals surface area contributed by atoms with Crippen LogP contribution in [-0.2, 0) is 9.53 Å². The van der Waals surface area contributed by atoms with Crippen molar-refractivity contribution >= 4 is 29.4 Å². The lowest BCUT2D eigenvalue weighted by Gasteiger charge is -2.23. The Labute approximate surface area is 180 Å². The Hall–Kier alpha value is -3.04. The van der Waals surface area contributed by atoms with Gasteiger partial charge in [-0.25, -0.2) is 14.0 Å². The third-order valence-corrected chi connectivity index (χ3v) is 5.95. The number of ether oxygens (including phenoxy) is 1. The van der Waals surface area contributed by atoms with Gasteiger partial charge in [0.05, 0.1) is 24.5 Å². The van der Waals surface area contributed by atoms with E-state index in [1.54, 1.807) is 12.1 Å². The van der Waals surface area contributed by atoms with Crippen molar-refractivity contribution in [2.45, 2.75) is 38.3 Å². The highest BCUT2D eigenvalue weighted by Crippen LogP contribution is 2.29. The number of amides is 4. The fraction of sp³-hybridized carbons (Fsp3) is 0.571. The maximum absolute atomic E-state index is 14.9. The summed E-state index contributed by atoms with van der Waals surface area (Å²) in [4.78, 5) is 40.6. The van der Waals surface area contributed by atoms with Crippen LogP contribution in [0, 0.1) is 5.82 Å². The van der Waals surface area contributed by atoms with Crippen LogP contribution in [0.15, 0.2) is 18.2 Å². The normalized spacial score (nSPS) is 23.3. The van der Waals surface area contributed by atoms with Crippen LogP contribution in [0.3, 0.4) is 0 Å². The molecule has 0 bridgehead atoms. The largest absolute Gasteiger partial charge is 0.442 e. The van der Waals surface area contributed by atoms with E-state index in [0.29, 0.717) is 24.5 Å². The average molecular weight is 433 g/mol. The summed E-state index contributed by atoms with van der Waals surface area (Å²) < 4.78 is 20.1. The number of hydrogen-bond acceptors (Lipinski definition) is 5. The summed E-state index contributed by atoms with van der Waals surface area (Å²) in [5.74, 6) is -0.632. The van der Waals surface area contributed by atoms with E-state index in [4.69, 9.17) is 4.74 Å². The highest BCUT2D eigenvalue weighted by Gasteiger charge is 2.33. The molecule has 1 unspecified atom stereocenters. The van der Waals surface area contributed by atoms with Gasteiger partial charge in [0.25, 0.3) is 0 Å². The van der Waals surface area contributed by atoms with Crippen LogP contribution in [-0.4, -0.2) is 74.3 Å². The van der Waals surface area contributed by atoms with Gasteiger partial charge in [-0.2, -0.15) is 0 Å². The van der Waals surface area contributed by atoms with Gasteiger partial charge in [0, 0.05) is 39.1 Å². The number of hydrogen-bond donors (Lipinski definition) is 2. The van der Waals surface area contributed by atoms with Crippen molar-refractivity contribution in [1.29, 1.82) is 0 Å². The second-order valence-corrected chi connectivity index (χ2v) is 8.26. The van der Waals surface area contributed by atoms with Crippen molar-refractivity contribution in [2.75, 3.05) is 49.1 Å². The minimum atomic E-state index is -0.562. The van der Waals surface area contributed by atoms with Crippen LogP contribution in [0.2, 0.25) is 0 Å². The molecule has 4 amide bonds. The van der Waals surface area contributed by atoms with E-state index in [2.05, 4.69) is 10.6 Å². The summed E-state index contributed by atoms with van der Waals surface area (Å²) in [5.41, 5.74) is 0.860. The average Bonchev–Trinajstić information content (AvgIpc) is 3.47. The molecule has 0 radical (unpaired) electrons. The number of carbonyl (C=O) groups excluding carboxylic acids is 3. The molecular weight excluding hydrogens is 405 g/mol. The number of benzene rings is 1. The second-order valence-electron chi connectivity index (χ2n) is 8.26. The van der Waals surface area contributed by atoms with E-state index in [-0.39, 0.29) is 31.1 Å². The van der Waals surface area contributed by atoms with Gasteiger partial charge in [-0.05, 0) is 37.5 Å². The zero-order chi connectivity index (χ0) is 22.0. The van der Waals surface area contributed by atoms with E-state index in [1.807, 2.05) is 9.80 Å². The molecule has 3 aliphatic heterocycles. The Morgan fingerprint density at radius 2 is 1.97 bits per heavy atom. The lowest BCUT2D eigenvalue weighted by molar-refractivity contribution is -0.119. The first-order valence-electron chi connectivity index (χ1n) is 10.7. The third-order valence-electron chi connectivity index (χ3n) is 5.95. The van der Waals surface area contributed by atoms with Gasteiger partial charge in [-0.3, -0.25) is 9.69 Å². The monoisotopic (exact) mass is 433 g/mol. The Morgan fingerprint density at radius 1 is 1.19 bits per heavy atom. The summed E-state index contributed by atoms with van der Waals surface area (Å²) in [6.07, 6.45) is 1.80. The van der Waals surface area contributed by atoms with Crippen molar-refractivity contribution in [2.24, 2.45) is 0 Å². The molecule has 9 nitrogen and oxygen atoms in total. The number of nitrogens with one attached hydrogen (secondary N) is 2. The Morgan fingerprint density at radius 3 is 2.68 bits per heavy atom. The molecule has 0 spiro atoms. The first-order valence-corrected chi connectivity index (χ1v) is 10.7. The highest BCUT2D eigenvalue weighted by atomic mass is 19.1. The molecular formula is C21H28FN5O4. The molecule has 3 saturated heterocycles. The second kappa shape index (κ2) is 8.99. The van der Waals surface area contributed by atoms with Crippen molar-refractivity contribution in [1.82, 2.24) is 15.5 Å². The molecule has 3 aliphatic rings. The van der Waals surface area contributed by atoms with E-state index in [1.165, 1.54) is 17.9 Å². The van der Waals surface area contributed by atoms with E-state index >= 15 is 0 Å². The lowest BCUT2D eigenvalue weighted by Crippen LogP contribution is -2.44. The smallest absolute Gasteiger partial charge is 0.414 e. The number of anilines is 2. The molecule has 31 heavy (non-hydrogen) atoms. The number of rotatable bonds is 5. The first-order chi connectivity index (χ1) is 14.9. The van der Waals surface area contributed by atoms with Gasteiger partial charge < -0.3 is 25.2 Å².